The molecule has 4 nitrogen and oxygen atoms in total. The third kappa shape index (κ3) is 4.75. The summed E-state index contributed by atoms with van der Waals surface area (Å²) in [6.45, 7) is 14.5. The first-order chi connectivity index (χ1) is 15.0. The van der Waals surface area contributed by atoms with Gasteiger partial charge in [-0.15, -0.1) is 0 Å². The summed E-state index contributed by atoms with van der Waals surface area (Å²) in [6.07, 6.45) is 6.34. The molecule has 0 fully saturated rings. The van der Waals surface area contributed by atoms with Crippen LogP contribution in [0.25, 0.3) is 11.6 Å². The van der Waals surface area contributed by atoms with Gasteiger partial charge >= 0.3 is 0 Å². The molecule has 0 atom stereocenters. The standard InChI is InChI=1S/C15H19NO.C12H12ClNO/c1-8(2)13-7-16-15-10(4)9(3)14(17)6-12(15)11(13)5;1-7(2)9-3-8-4-12(15)10(13)5-11(8)14-6-9/h7-8H,6H2,1-5H3;3,5-7H,4H2,1-2H3. The van der Waals surface area contributed by atoms with Crippen LogP contribution in [-0.2, 0) is 22.4 Å². The van der Waals surface area contributed by atoms with Crippen molar-refractivity contribution in [2.24, 2.45) is 0 Å². The second-order valence-corrected chi connectivity index (χ2v) is 9.64. The van der Waals surface area contributed by atoms with E-state index in [0.717, 1.165) is 39.2 Å². The van der Waals surface area contributed by atoms with E-state index in [0.29, 0.717) is 24.7 Å². The summed E-state index contributed by atoms with van der Waals surface area (Å²) in [5, 5.41) is 0.285. The van der Waals surface area contributed by atoms with Gasteiger partial charge < -0.3 is 0 Å². The van der Waals surface area contributed by atoms with Gasteiger partial charge in [-0.2, -0.15) is 0 Å². The predicted molar refractivity (Wildman–Crippen MR) is 131 cm³/mol. The lowest BCUT2D eigenvalue weighted by molar-refractivity contribution is -0.115. The van der Waals surface area contributed by atoms with Crippen molar-refractivity contribution >= 4 is 34.8 Å². The van der Waals surface area contributed by atoms with E-state index in [1.54, 1.807) is 6.08 Å². The van der Waals surface area contributed by atoms with Crippen LogP contribution in [0.15, 0.2) is 29.1 Å². The summed E-state index contributed by atoms with van der Waals surface area (Å²) in [4.78, 5) is 32.2. The summed E-state index contributed by atoms with van der Waals surface area (Å²) in [5.41, 5.74) is 9.51. The number of allylic oxidation sites excluding steroid dienone is 3. The molecule has 2 aromatic rings. The quantitative estimate of drug-likeness (QED) is 0.535. The zero-order valence-corrected chi connectivity index (χ0v) is 20.7. The van der Waals surface area contributed by atoms with Crippen molar-refractivity contribution in [2.75, 3.05) is 0 Å². The molecule has 0 saturated heterocycles. The van der Waals surface area contributed by atoms with Gasteiger partial charge in [0.2, 0.25) is 0 Å². The summed E-state index contributed by atoms with van der Waals surface area (Å²) < 4.78 is 0. The fourth-order valence-corrected chi connectivity index (χ4v) is 4.22. The number of Topliss-reactive ketones (excluding diaryl/α,β-unsaturated/α-hetero) is 2. The number of pyridine rings is 2. The van der Waals surface area contributed by atoms with Crippen molar-refractivity contribution in [1.29, 1.82) is 0 Å². The van der Waals surface area contributed by atoms with Gasteiger partial charge in [0, 0.05) is 25.2 Å². The van der Waals surface area contributed by atoms with Gasteiger partial charge in [-0.3, -0.25) is 19.6 Å². The highest BCUT2D eigenvalue weighted by molar-refractivity contribution is 6.45. The van der Waals surface area contributed by atoms with Crippen LogP contribution in [-0.4, -0.2) is 21.5 Å². The monoisotopic (exact) mass is 450 g/mol. The summed E-state index contributed by atoms with van der Waals surface area (Å²) in [7, 11) is 0. The number of fused-ring (bicyclic) bond motifs is 2. The molecule has 5 heteroatoms. The Kier molecular flexibility index (Phi) is 7.14. The van der Waals surface area contributed by atoms with Crippen LogP contribution in [0.2, 0.25) is 0 Å². The molecule has 0 N–H and O–H groups in total. The summed E-state index contributed by atoms with van der Waals surface area (Å²) in [5.74, 6) is 1.10. The second-order valence-electron chi connectivity index (χ2n) is 9.23. The molecule has 0 radical (unpaired) electrons. The number of hydrogen-bond donors (Lipinski definition) is 0. The van der Waals surface area contributed by atoms with Gasteiger partial charge in [0.15, 0.2) is 11.6 Å². The molecule has 4 rings (SSSR count). The molecule has 32 heavy (non-hydrogen) atoms. The van der Waals surface area contributed by atoms with Crippen LogP contribution in [0.1, 0.15) is 92.6 Å². The number of hydrogen-bond acceptors (Lipinski definition) is 4. The third-order valence-electron chi connectivity index (χ3n) is 6.37. The molecule has 0 unspecified atom stereocenters. The van der Waals surface area contributed by atoms with Crippen LogP contribution in [0, 0.1) is 6.92 Å². The minimum atomic E-state index is -0.0214. The van der Waals surface area contributed by atoms with Crippen molar-refractivity contribution in [3.8, 4) is 0 Å². The maximum Gasteiger partial charge on any atom is 0.178 e. The predicted octanol–water partition coefficient (Wildman–Crippen LogP) is 6.34. The van der Waals surface area contributed by atoms with Gasteiger partial charge in [-0.05, 0) is 77.6 Å². The zero-order chi connectivity index (χ0) is 23.7. The van der Waals surface area contributed by atoms with E-state index in [1.165, 1.54) is 11.1 Å². The van der Waals surface area contributed by atoms with Crippen molar-refractivity contribution in [2.45, 2.75) is 73.1 Å². The van der Waals surface area contributed by atoms with E-state index < -0.39 is 0 Å². The molecule has 0 bridgehead atoms. The molecule has 2 heterocycles. The Hall–Kier alpha value is -2.59. The molecule has 2 aromatic heterocycles. The lowest BCUT2D eigenvalue weighted by atomic mass is 9.84. The minimum absolute atomic E-state index is 0.0214. The summed E-state index contributed by atoms with van der Waals surface area (Å²) in [6, 6.07) is 2.05. The van der Waals surface area contributed by atoms with Crippen molar-refractivity contribution < 1.29 is 9.59 Å². The highest BCUT2D eigenvalue weighted by atomic mass is 35.5. The highest BCUT2D eigenvalue weighted by Gasteiger charge is 2.24. The number of nitrogens with zero attached hydrogens (tertiary/aromatic N) is 2. The largest absolute Gasteiger partial charge is 0.294 e. The Bertz CT molecular complexity index is 1160. The first-order valence-electron chi connectivity index (χ1n) is 11.1. The van der Waals surface area contributed by atoms with Crippen molar-refractivity contribution in [3.05, 3.63) is 68.3 Å². The second kappa shape index (κ2) is 9.50. The van der Waals surface area contributed by atoms with Gasteiger partial charge in [0.05, 0.1) is 16.4 Å². The zero-order valence-electron chi connectivity index (χ0n) is 20.0. The Morgan fingerprint density at radius 2 is 1.56 bits per heavy atom. The van der Waals surface area contributed by atoms with Gasteiger partial charge in [0.25, 0.3) is 0 Å². The number of halogens is 1. The Morgan fingerprint density at radius 3 is 2.19 bits per heavy atom. The van der Waals surface area contributed by atoms with Crippen LogP contribution < -0.4 is 0 Å². The average Bonchev–Trinajstić information content (AvgIpc) is 2.73. The Balaban J connectivity index is 0.000000182. The SMILES string of the molecule is CC(C)c1cnc2c(c1)CC(=O)C(Cl)=C2.CC1=C(C)c2ncc(C(C)C)c(C)c2CC1=O. The fraction of sp³-hybridized carbons (Fsp3) is 0.407. The number of ketones is 2. The molecular weight excluding hydrogens is 420 g/mol. The first kappa shape index (κ1) is 24.1. The number of carbonyl (C=O) groups excluding carboxylic acids is 2. The van der Waals surface area contributed by atoms with Crippen molar-refractivity contribution in [1.82, 2.24) is 9.97 Å². The molecule has 2 aliphatic rings. The molecule has 2 aliphatic carbocycles. The van der Waals surface area contributed by atoms with Gasteiger partial charge in [-0.1, -0.05) is 45.4 Å². The molecule has 0 aliphatic heterocycles. The van der Waals surface area contributed by atoms with Gasteiger partial charge in [0.1, 0.15) is 0 Å². The van der Waals surface area contributed by atoms with E-state index in [2.05, 4.69) is 44.6 Å². The first-order valence-corrected chi connectivity index (χ1v) is 11.5. The van der Waals surface area contributed by atoms with E-state index in [9.17, 15) is 9.59 Å². The average molecular weight is 451 g/mol. The van der Waals surface area contributed by atoms with Crippen molar-refractivity contribution in [3.63, 3.8) is 0 Å². The lowest BCUT2D eigenvalue weighted by Crippen LogP contribution is -2.17. The molecule has 0 spiro atoms. The maximum atomic E-state index is 11.9. The van der Waals surface area contributed by atoms with E-state index in [1.807, 2.05) is 32.3 Å². The highest BCUT2D eigenvalue weighted by Crippen LogP contribution is 2.32. The molecule has 0 amide bonds. The topological polar surface area (TPSA) is 59.9 Å². The smallest absolute Gasteiger partial charge is 0.178 e. The van der Waals surface area contributed by atoms with Crippen LogP contribution >= 0.6 is 11.6 Å². The Morgan fingerprint density at radius 1 is 0.875 bits per heavy atom. The lowest BCUT2D eigenvalue weighted by Gasteiger charge is -2.22. The number of rotatable bonds is 2. The minimum Gasteiger partial charge on any atom is -0.294 e. The molecule has 0 aromatic carbocycles. The van der Waals surface area contributed by atoms with Gasteiger partial charge in [-0.25, -0.2) is 0 Å². The van der Waals surface area contributed by atoms with E-state index in [-0.39, 0.29) is 16.6 Å². The number of aromatic nitrogens is 2. The van der Waals surface area contributed by atoms with E-state index >= 15 is 0 Å². The molecule has 168 valence electrons. The summed E-state index contributed by atoms with van der Waals surface area (Å²) >= 11 is 5.77. The maximum absolute atomic E-state index is 11.9. The van der Waals surface area contributed by atoms with Crippen LogP contribution in [0.5, 0.6) is 0 Å². The molecule has 0 saturated carbocycles. The number of carbonyl (C=O) groups is 2. The third-order valence-corrected chi connectivity index (χ3v) is 6.69. The van der Waals surface area contributed by atoms with E-state index in [4.69, 9.17) is 11.6 Å². The Labute approximate surface area is 195 Å². The van der Waals surface area contributed by atoms with Crippen LogP contribution in [0.3, 0.4) is 0 Å². The fourth-order valence-electron chi connectivity index (χ4n) is 4.05. The normalized spacial score (nSPS) is 15.4. The molecular formula is C27H31ClN2O2. The van der Waals surface area contributed by atoms with Crippen LogP contribution in [0.4, 0.5) is 0 Å².